The van der Waals surface area contributed by atoms with Gasteiger partial charge in [-0.3, -0.25) is 4.90 Å². The van der Waals surface area contributed by atoms with E-state index in [9.17, 15) is 4.79 Å². The maximum Gasteiger partial charge on any atom is 0.321 e. The predicted octanol–water partition coefficient (Wildman–Crippen LogP) is 2.85. The molecule has 6 heteroatoms. The summed E-state index contributed by atoms with van der Waals surface area (Å²) in [4.78, 5) is 17.0. The Bertz CT molecular complexity index is 834. The molecule has 0 bridgehead atoms. The summed E-state index contributed by atoms with van der Waals surface area (Å²) in [5, 5.41) is 3.06. The quantitative estimate of drug-likeness (QED) is 0.865. The number of hydrogen-bond acceptors (Lipinski definition) is 4. The first-order valence-corrected chi connectivity index (χ1v) is 9.89. The Kier molecular flexibility index (Phi) is 5.67. The van der Waals surface area contributed by atoms with Crippen molar-refractivity contribution in [3.8, 4) is 5.75 Å². The van der Waals surface area contributed by atoms with Gasteiger partial charge in [0.1, 0.15) is 5.75 Å². The van der Waals surface area contributed by atoms with E-state index in [-0.39, 0.29) is 6.03 Å². The predicted molar refractivity (Wildman–Crippen MR) is 111 cm³/mol. The SMILES string of the molecule is COc1ccccc1CCNC(=O)N1CCc2ccc(N3CCOCC3)cc21. The van der Waals surface area contributed by atoms with Gasteiger partial charge in [-0.25, -0.2) is 4.79 Å². The number of rotatable bonds is 5. The van der Waals surface area contributed by atoms with Crippen molar-refractivity contribution in [1.82, 2.24) is 5.32 Å². The van der Waals surface area contributed by atoms with Crippen molar-refractivity contribution < 1.29 is 14.3 Å². The molecule has 1 N–H and O–H groups in total. The van der Waals surface area contributed by atoms with Crippen LogP contribution in [-0.4, -0.2) is 52.5 Å². The molecule has 6 nitrogen and oxygen atoms in total. The van der Waals surface area contributed by atoms with Crippen molar-refractivity contribution in [2.45, 2.75) is 12.8 Å². The Morgan fingerprint density at radius 1 is 1.14 bits per heavy atom. The molecule has 0 aromatic heterocycles. The molecule has 0 atom stereocenters. The van der Waals surface area contributed by atoms with E-state index in [1.54, 1.807) is 7.11 Å². The first-order valence-electron chi connectivity index (χ1n) is 9.89. The van der Waals surface area contributed by atoms with Crippen molar-refractivity contribution >= 4 is 17.4 Å². The van der Waals surface area contributed by atoms with E-state index in [4.69, 9.17) is 9.47 Å². The molecule has 1 fully saturated rings. The number of anilines is 2. The molecule has 2 aromatic carbocycles. The number of carbonyl (C=O) groups excluding carboxylic acids is 1. The van der Waals surface area contributed by atoms with Gasteiger partial charge in [0.25, 0.3) is 0 Å². The zero-order valence-electron chi connectivity index (χ0n) is 16.3. The average Bonchev–Trinajstić information content (AvgIpc) is 3.18. The molecule has 148 valence electrons. The van der Waals surface area contributed by atoms with E-state index in [1.165, 1.54) is 5.56 Å². The molecule has 28 heavy (non-hydrogen) atoms. The van der Waals surface area contributed by atoms with Crippen LogP contribution >= 0.6 is 0 Å². The third kappa shape index (κ3) is 3.92. The molecule has 2 heterocycles. The van der Waals surface area contributed by atoms with Gasteiger partial charge < -0.3 is 19.7 Å². The molecule has 4 rings (SSSR count). The zero-order chi connectivity index (χ0) is 19.3. The summed E-state index contributed by atoms with van der Waals surface area (Å²) in [5.74, 6) is 0.860. The minimum atomic E-state index is -0.0345. The highest BCUT2D eigenvalue weighted by Crippen LogP contribution is 2.32. The van der Waals surface area contributed by atoms with Gasteiger partial charge in [0, 0.05) is 31.9 Å². The highest BCUT2D eigenvalue weighted by molar-refractivity contribution is 5.95. The number of fused-ring (bicyclic) bond motifs is 1. The van der Waals surface area contributed by atoms with Crippen LogP contribution in [0.3, 0.4) is 0 Å². The normalized spacial score (nSPS) is 16.0. The lowest BCUT2D eigenvalue weighted by molar-refractivity contribution is 0.122. The molecule has 0 aliphatic carbocycles. The molecule has 0 spiro atoms. The number of nitrogens with one attached hydrogen (secondary N) is 1. The van der Waals surface area contributed by atoms with Crippen molar-refractivity contribution in [3.05, 3.63) is 53.6 Å². The van der Waals surface area contributed by atoms with Crippen LogP contribution in [-0.2, 0) is 17.6 Å². The van der Waals surface area contributed by atoms with Gasteiger partial charge in [0.05, 0.1) is 26.0 Å². The van der Waals surface area contributed by atoms with Gasteiger partial charge in [0.2, 0.25) is 0 Å². The lowest BCUT2D eigenvalue weighted by Crippen LogP contribution is -2.40. The number of hydrogen-bond donors (Lipinski definition) is 1. The van der Waals surface area contributed by atoms with Crippen LogP contribution in [0.5, 0.6) is 5.75 Å². The van der Waals surface area contributed by atoms with Crippen molar-refractivity contribution in [3.63, 3.8) is 0 Å². The average molecular weight is 381 g/mol. The zero-order valence-corrected chi connectivity index (χ0v) is 16.3. The van der Waals surface area contributed by atoms with E-state index >= 15 is 0 Å². The molecule has 2 amide bonds. The molecule has 0 radical (unpaired) electrons. The molecule has 0 unspecified atom stereocenters. The van der Waals surface area contributed by atoms with Crippen molar-refractivity contribution in [2.75, 3.05) is 56.3 Å². The summed E-state index contributed by atoms with van der Waals surface area (Å²) < 4.78 is 10.8. The first kappa shape index (κ1) is 18.6. The summed E-state index contributed by atoms with van der Waals surface area (Å²) in [6, 6.07) is 14.3. The lowest BCUT2D eigenvalue weighted by atomic mass is 10.1. The second-order valence-corrected chi connectivity index (χ2v) is 7.11. The monoisotopic (exact) mass is 381 g/mol. The maximum absolute atomic E-state index is 12.8. The van der Waals surface area contributed by atoms with Crippen LogP contribution < -0.4 is 19.9 Å². The lowest BCUT2D eigenvalue weighted by Gasteiger charge is -2.29. The Morgan fingerprint density at radius 3 is 2.79 bits per heavy atom. The summed E-state index contributed by atoms with van der Waals surface area (Å²) >= 11 is 0. The number of benzene rings is 2. The summed E-state index contributed by atoms with van der Waals surface area (Å²) in [6.45, 7) is 4.60. The first-order chi connectivity index (χ1) is 13.8. The van der Waals surface area contributed by atoms with E-state index in [0.717, 1.165) is 68.4 Å². The molecule has 2 aromatic rings. The van der Waals surface area contributed by atoms with Gasteiger partial charge in [-0.2, -0.15) is 0 Å². The Balaban J connectivity index is 1.39. The second kappa shape index (κ2) is 8.52. The topological polar surface area (TPSA) is 54.0 Å². The van der Waals surface area contributed by atoms with Gasteiger partial charge in [-0.05, 0) is 42.2 Å². The maximum atomic E-state index is 12.8. The fourth-order valence-electron chi connectivity index (χ4n) is 3.91. The Hall–Kier alpha value is -2.73. The van der Waals surface area contributed by atoms with Crippen molar-refractivity contribution in [2.24, 2.45) is 0 Å². The van der Waals surface area contributed by atoms with Crippen LogP contribution in [0.1, 0.15) is 11.1 Å². The molecule has 1 saturated heterocycles. The summed E-state index contributed by atoms with van der Waals surface area (Å²) in [7, 11) is 1.67. The number of nitrogens with zero attached hydrogens (tertiary/aromatic N) is 2. The number of urea groups is 1. The summed E-state index contributed by atoms with van der Waals surface area (Å²) in [5.41, 5.74) is 4.52. The number of ether oxygens (including phenoxy) is 2. The fourth-order valence-corrected chi connectivity index (χ4v) is 3.91. The molecular weight excluding hydrogens is 354 g/mol. The fraction of sp³-hybridized carbons (Fsp3) is 0.409. The smallest absolute Gasteiger partial charge is 0.321 e. The largest absolute Gasteiger partial charge is 0.496 e. The van der Waals surface area contributed by atoms with Gasteiger partial charge in [-0.1, -0.05) is 24.3 Å². The van der Waals surface area contributed by atoms with Crippen LogP contribution in [0.4, 0.5) is 16.2 Å². The van der Waals surface area contributed by atoms with E-state index in [1.807, 2.05) is 29.2 Å². The number of carbonyl (C=O) groups is 1. The summed E-state index contributed by atoms with van der Waals surface area (Å²) in [6.07, 6.45) is 1.64. The Labute approximate surface area is 166 Å². The molecule has 2 aliphatic heterocycles. The van der Waals surface area contributed by atoms with Crippen LogP contribution in [0.2, 0.25) is 0 Å². The number of amides is 2. The minimum Gasteiger partial charge on any atom is -0.496 e. The van der Waals surface area contributed by atoms with Gasteiger partial charge >= 0.3 is 6.03 Å². The third-order valence-corrected chi connectivity index (χ3v) is 5.45. The highest BCUT2D eigenvalue weighted by atomic mass is 16.5. The van der Waals surface area contributed by atoms with E-state index in [2.05, 4.69) is 28.4 Å². The van der Waals surface area contributed by atoms with Crippen LogP contribution in [0, 0.1) is 0 Å². The van der Waals surface area contributed by atoms with E-state index in [0.29, 0.717) is 6.54 Å². The number of para-hydroxylation sites is 1. The number of morpholine rings is 1. The third-order valence-electron chi connectivity index (χ3n) is 5.45. The van der Waals surface area contributed by atoms with Crippen molar-refractivity contribution in [1.29, 1.82) is 0 Å². The Morgan fingerprint density at radius 2 is 1.96 bits per heavy atom. The standard InChI is InChI=1S/C22H27N3O3/c1-27-21-5-3-2-4-18(21)8-10-23-22(26)25-11-9-17-6-7-19(16-20(17)25)24-12-14-28-15-13-24/h2-7,16H,8-15H2,1H3,(H,23,26). The highest BCUT2D eigenvalue weighted by Gasteiger charge is 2.25. The van der Waals surface area contributed by atoms with Gasteiger partial charge in [-0.15, -0.1) is 0 Å². The van der Waals surface area contributed by atoms with E-state index < -0.39 is 0 Å². The van der Waals surface area contributed by atoms with Crippen LogP contribution in [0.25, 0.3) is 0 Å². The molecule has 0 saturated carbocycles. The van der Waals surface area contributed by atoms with Crippen LogP contribution in [0.15, 0.2) is 42.5 Å². The van der Waals surface area contributed by atoms with Gasteiger partial charge in [0.15, 0.2) is 0 Å². The molecule has 2 aliphatic rings. The second-order valence-electron chi connectivity index (χ2n) is 7.11. The molecular formula is C22H27N3O3. The minimum absolute atomic E-state index is 0.0345. The number of methoxy groups -OCH3 is 1.